The molecule has 12 aromatic rings. The van der Waals surface area contributed by atoms with Gasteiger partial charge in [0.15, 0.2) is 35.6 Å². The molecule has 0 saturated heterocycles. The summed E-state index contributed by atoms with van der Waals surface area (Å²) in [4.78, 5) is 68.8. The maximum Gasteiger partial charge on any atom is 0.438 e. The van der Waals surface area contributed by atoms with Gasteiger partial charge in [-0.05, 0) is 29.2 Å². The molecule has 14 rings (SSSR count). The molecule has 0 bridgehead atoms. The molecule has 2 aliphatic rings. The van der Waals surface area contributed by atoms with Crippen molar-refractivity contribution in [1.82, 2.24) is 162 Å². The molecule has 0 fully saturated rings. The number of H-pyrrole nitrogens is 7. The van der Waals surface area contributed by atoms with E-state index in [-0.39, 0.29) is 34.5 Å². The third-order valence-corrected chi connectivity index (χ3v) is 15.6. The highest BCUT2D eigenvalue weighted by Crippen LogP contribution is 2.18. The number of tetrazole rings is 3. The molecule has 666 valence electrons. The van der Waals surface area contributed by atoms with Crippen molar-refractivity contribution < 1.29 is 35.5 Å². The standard InChI is InChI=1S/C7H12N2O.C6H10N2.2C6H9NO.2C5H10N4.2C5H9N3.2C5H8N2O2.C5H8N2OS.C5H8N2O.C4H8N4.C4H8N2O2S/c1-4(2)6-5(3)8-9-7(6)10;1-5(2)6-7-3-4-8-6;1-5(2)6-3-7-4-8-6;1-5(2)6-7-3-4-8-6;2*1-4(2)5-6-8-9(3)7-5;1-4(2)5-6-3-7-8-5;1-4(2)5-3-6-8-7-5;1-3(2)4-6-7-5(8)9-4;2*1-3(2)4-6-5(8)9-7-4;1-4(2)5-7-6-3-8-5;1-3(2)4-5-7-8-6-4;1-3(2)4-5-8-9(7)6-4/h4,6H,1-3H3,(H,9,10);3-5H,1-2H3,(H,7,8);2*3-5H,1-2H3;2*4H,1-3H3;2*3-4H,1-2H3,(H,6,7,8);3H,1-2H3,(H,7,8);2*3H,1-2H3,(H,6,7,8);3-4H,1-2H3;3H,1-2H3,(H,5,6,7,8);3H,1-2H3,(H,5,6). The highest BCUT2D eigenvalue weighted by atomic mass is 32.2. The Labute approximate surface area is 705 Å². The fourth-order valence-electron chi connectivity index (χ4n) is 7.66. The number of aryl methyl sites for hydroxylation is 2. The van der Waals surface area contributed by atoms with Gasteiger partial charge < -0.3 is 22.7 Å². The van der Waals surface area contributed by atoms with Crippen LogP contribution in [0.5, 0.6) is 0 Å². The molecule has 0 aromatic carbocycles. The van der Waals surface area contributed by atoms with E-state index in [1.807, 2.05) is 152 Å². The number of carbonyl (C=O) groups is 1. The summed E-state index contributed by atoms with van der Waals surface area (Å²) in [6.07, 6.45) is 14.7. The van der Waals surface area contributed by atoms with E-state index >= 15 is 0 Å². The molecule has 2 atom stereocenters. The molecule has 0 saturated carbocycles. The monoisotopic (exact) mass is 1720 g/mol. The zero-order valence-corrected chi connectivity index (χ0v) is 76.5. The van der Waals surface area contributed by atoms with E-state index in [0.29, 0.717) is 88.5 Å². The lowest BCUT2D eigenvalue weighted by atomic mass is 9.92. The molecule has 0 spiro atoms. The Morgan fingerprint density at radius 3 is 1.33 bits per heavy atom. The van der Waals surface area contributed by atoms with E-state index in [1.54, 1.807) is 45.1 Å². The van der Waals surface area contributed by atoms with Gasteiger partial charge >= 0.3 is 27.7 Å². The number of hydrogen-bond donors (Lipinski definition) is 9. The van der Waals surface area contributed by atoms with Gasteiger partial charge in [0, 0.05) is 101 Å². The maximum atomic E-state index is 11.0. The highest BCUT2D eigenvalue weighted by Gasteiger charge is 2.29. The average molecular weight is 1720 g/mol. The first kappa shape index (κ1) is 106. The summed E-state index contributed by atoms with van der Waals surface area (Å²) in [7, 11) is 3.53. The number of aromatic amines is 7. The number of imidazole rings is 1. The molecule has 120 heavy (non-hydrogen) atoms. The Morgan fingerprint density at radius 2 is 1.12 bits per heavy atom. The largest absolute Gasteiger partial charge is 0.449 e. The van der Waals surface area contributed by atoms with Crippen LogP contribution in [-0.2, 0) is 34.4 Å². The van der Waals surface area contributed by atoms with Gasteiger partial charge in [0.1, 0.15) is 41.7 Å². The topological polar surface area (TPSA) is 600 Å². The van der Waals surface area contributed by atoms with Crippen molar-refractivity contribution in [3.05, 3.63) is 157 Å². The Morgan fingerprint density at radius 1 is 0.517 bits per heavy atom. The number of carbonyl (C=O) groups excluding carboxylic acids is 1. The number of hydrogen-bond acceptors (Lipinski definition) is 35. The summed E-state index contributed by atoms with van der Waals surface area (Å²) in [6, 6.07) is 0. The highest BCUT2D eigenvalue weighted by molar-refractivity contribution is 7.79. The molecule has 14 heterocycles. The van der Waals surface area contributed by atoms with Crippen LogP contribution in [-0.4, -0.2) is 173 Å². The molecule has 45 nitrogen and oxygen atoms in total. The second kappa shape index (κ2) is 58.2. The third-order valence-electron chi connectivity index (χ3n) is 14.5. The van der Waals surface area contributed by atoms with Crippen LogP contribution in [0.25, 0.3) is 0 Å². The van der Waals surface area contributed by atoms with Crippen molar-refractivity contribution >= 4 is 40.3 Å². The Bertz CT molecular complexity index is 4170. The predicted octanol–water partition coefficient (Wildman–Crippen LogP) is 12.0. The molecule has 1 amide bonds. The SMILES string of the molecule is CC(C)C1=NS(=O)ON1.CC(C)c1cn[nH]n1.CC(C)c1cnco1.CC(C)c1n[nH]c(=O)o1.CC(C)c1ncc[nH]1.CC(C)c1ncco1.CC(C)c1ncn[nH]1.CC(C)c1nn[nH]n1.CC(C)c1nnco1.CC(C)c1nnn(C)n1.CC(C)c1nnn(C)n1.CC(C)c1noc(=O)[nH]1.CC(C)c1nsc(=O)[nH]1.CC1=NNC(=O)C1C(C)C. The Hall–Kier alpha value is -11.8. The summed E-state index contributed by atoms with van der Waals surface area (Å²) in [5.74, 6) is 13.5. The normalized spacial score (nSPS) is 12.9. The molecule has 2 unspecified atom stereocenters. The van der Waals surface area contributed by atoms with Crippen LogP contribution in [0.3, 0.4) is 0 Å². The van der Waals surface area contributed by atoms with Crippen LogP contribution in [0.4, 0.5) is 0 Å². The van der Waals surface area contributed by atoms with Gasteiger partial charge in [-0.25, -0.2) is 49.7 Å². The van der Waals surface area contributed by atoms with E-state index in [4.69, 9.17) is 13.3 Å². The number of hydrazone groups is 1. The zero-order chi connectivity index (χ0) is 90.7. The molecule has 9 N–H and O–H groups in total. The van der Waals surface area contributed by atoms with E-state index in [2.05, 4.69) is 231 Å². The minimum Gasteiger partial charge on any atom is -0.449 e. The second-order valence-corrected chi connectivity index (χ2v) is 31.6. The van der Waals surface area contributed by atoms with E-state index in [9.17, 15) is 23.4 Å². The first-order chi connectivity index (χ1) is 56.4. The van der Waals surface area contributed by atoms with Crippen molar-refractivity contribution in [1.29, 1.82) is 0 Å². The molecule has 0 radical (unpaired) electrons. The lowest BCUT2D eigenvalue weighted by Gasteiger charge is -2.10. The molecular formula is C73H126N34O11S2. The molecular weight excluding hydrogens is 1590 g/mol. The van der Waals surface area contributed by atoms with E-state index in [1.165, 1.54) is 28.7 Å². The number of nitrogens with zero attached hydrogens (tertiary/aromatic N) is 25. The van der Waals surface area contributed by atoms with Crippen LogP contribution in [0.1, 0.15) is 342 Å². The van der Waals surface area contributed by atoms with Crippen molar-refractivity contribution in [2.45, 2.75) is 272 Å². The molecule has 2 aliphatic heterocycles. The Kier molecular flexibility index (Phi) is 51.5. The van der Waals surface area contributed by atoms with Crippen molar-refractivity contribution in [2.75, 3.05) is 0 Å². The van der Waals surface area contributed by atoms with Crippen molar-refractivity contribution in [3.63, 3.8) is 0 Å². The smallest absolute Gasteiger partial charge is 0.438 e. The predicted molar refractivity (Wildman–Crippen MR) is 451 cm³/mol. The van der Waals surface area contributed by atoms with Gasteiger partial charge in [-0.15, -0.1) is 50.3 Å². The van der Waals surface area contributed by atoms with Crippen LogP contribution >= 0.6 is 11.5 Å². The molecule has 47 heteroatoms. The van der Waals surface area contributed by atoms with Crippen LogP contribution in [0.2, 0.25) is 0 Å². The lowest BCUT2D eigenvalue weighted by Crippen LogP contribution is -2.26. The van der Waals surface area contributed by atoms with Gasteiger partial charge in [-0.2, -0.15) is 49.1 Å². The van der Waals surface area contributed by atoms with Gasteiger partial charge in [-0.1, -0.05) is 204 Å². The molecule has 12 aromatic heterocycles. The molecule has 0 aliphatic carbocycles. The number of rotatable bonds is 14. The van der Waals surface area contributed by atoms with Gasteiger partial charge in [0.25, 0.3) is 0 Å². The first-order valence-electron chi connectivity index (χ1n) is 38.9. The number of amidine groups is 1. The minimum atomic E-state index is -1.50. The van der Waals surface area contributed by atoms with Crippen LogP contribution in [0.15, 0.2) is 102 Å². The number of oxazole rings is 2. The quantitative estimate of drug-likeness (QED) is 0.0488. The number of hydroxylamine groups is 1. The summed E-state index contributed by atoms with van der Waals surface area (Å²) < 4.78 is 46.1. The summed E-state index contributed by atoms with van der Waals surface area (Å²) in [5.41, 5.74) is 6.83. The number of aromatic nitrogens is 30. The van der Waals surface area contributed by atoms with E-state index < -0.39 is 22.8 Å². The van der Waals surface area contributed by atoms with Gasteiger partial charge in [-0.3, -0.25) is 29.2 Å². The number of nitrogens with one attached hydrogen (secondary N) is 9. The summed E-state index contributed by atoms with van der Waals surface area (Å²) in [5, 5.41) is 73.3. The summed E-state index contributed by atoms with van der Waals surface area (Å²) >= 11 is -0.525. The van der Waals surface area contributed by atoms with Crippen LogP contribution in [0, 0.1) is 17.8 Å². The summed E-state index contributed by atoms with van der Waals surface area (Å²) in [6.45, 7) is 58.4. The number of amides is 1. The average Bonchev–Trinajstić information content (AvgIpc) is 1.72. The van der Waals surface area contributed by atoms with E-state index in [0.717, 1.165) is 69.5 Å². The lowest BCUT2D eigenvalue weighted by molar-refractivity contribution is -0.123. The van der Waals surface area contributed by atoms with Crippen molar-refractivity contribution in [2.24, 2.45) is 41.3 Å². The first-order valence-corrected chi connectivity index (χ1v) is 40.7. The zero-order valence-electron chi connectivity index (χ0n) is 74.8. The fraction of sp³-hybridized carbons (Fsp3) is 0.630. The Balaban J connectivity index is 0.000000646. The fourth-order valence-corrected chi connectivity index (χ4v) is 8.85. The third kappa shape index (κ3) is 45.8. The van der Waals surface area contributed by atoms with Crippen LogP contribution < -0.4 is 27.3 Å². The maximum absolute atomic E-state index is 11.0. The second-order valence-electron chi connectivity index (χ2n) is 30.1. The van der Waals surface area contributed by atoms with Gasteiger partial charge in [0.2, 0.25) is 24.1 Å². The minimum absolute atomic E-state index is 0.000000000000000444. The van der Waals surface area contributed by atoms with Crippen molar-refractivity contribution in [3.8, 4) is 0 Å². The van der Waals surface area contributed by atoms with Gasteiger partial charge in [0.05, 0.1) is 44.3 Å².